The molecular formula is C15H24BrNS. The summed E-state index contributed by atoms with van der Waals surface area (Å²) in [4.78, 5) is 1.53. The van der Waals surface area contributed by atoms with Gasteiger partial charge >= 0.3 is 0 Å². The molecule has 0 radical (unpaired) electrons. The van der Waals surface area contributed by atoms with Crippen LogP contribution in [0.2, 0.25) is 0 Å². The first-order valence-electron chi connectivity index (χ1n) is 7.20. The zero-order chi connectivity index (χ0) is 13.0. The summed E-state index contributed by atoms with van der Waals surface area (Å²) in [6.07, 6.45) is 6.79. The average Bonchev–Trinajstić information content (AvgIpc) is 2.77. The lowest BCUT2D eigenvalue weighted by Gasteiger charge is -2.36. The highest BCUT2D eigenvalue weighted by Gasteiger charge is 2.29. The van der Waals surface area contributed by atoms with Gasteiger partial charge in [-0.1, -0.05) is 20.3 Å². The van der Waals surface area contributed by atoms with Crippen molar-refractivity contribution in [1.29, 1.82) is 0 Å². The van der Waals surface area contributed by atoms with Crippen LogP contribution in [0.15, 0.2) is 15.9 Å². The Hall–Kier alpha value is 0.140. The molecule has 2 rings (SSSR count). The Labute approximate surface area is 123 Å². The van der Waals surface area contributed by atoms with Crippen LogP contribution in [0.3, 0.4) is 0 Å². The van der Waals surface area contributed by atoms with Crippen LogP contribution in [0, 0.1) is 11.8 Å². The standard InChI is InChI=1S/C15H24BrNS/c1-3-11-5-7-14(17-4-2)12(9-11)10-13-6-8-15(16)18-13/h6,8,11-12,14,17H,3-5,7,9-10H2,1-2H3. The van der Waals surface area contributed by atoms with E-state index in [1.165, 1.54) is 40.8 Å². The lowest BCUT2D eigenvalue weighted by Crippen LogP contribution is -2.41. The number of hydrogen-bond acceptors (Lipinski definition) is 2. The van der Waals surface area contributed by atoms with Gasteiger partial charge in [0.2, 0.25) is 0 Å². The lowest BCUT2D eigenvalue weighted by molar-refractivity contribution is 0.200. The summed E-state index contributed by atoms with van der Waals surface area (Å²) in [5.74, 6) is 1.78. The van der Waals surface area contributed by atoms with E-state index in [9.17, 15) is 0 Å². The summed E-state index contributed by atoms with van der Waals surface area (Å²) >= 11 is 5.47. The Morgan fingerprint density at radius 1 is 1.33 bits per heavy atom. The normalized spacial score (nSPS) is 28.5. The third-order valence-electron chi connectivity index (χ3n) is 4.23. The second-order valence-electron chi connectivity index (χ2n) is 5.42. The largest absolute Gasteiger partial charge is 0.314 e. The minimum atomic E-state index is 0.735. The van der Waals surface area contributed by atoms with E-state index < -0.39 is 0 Å². The van der Waals surface area contributed by atoms with E-state index in [1.54, 1.807) is 0 Å². The summed E-state index contributed by atoms with van der Waals surface area (Å²) in [5.41, 5.74) is 0. The molecule has 0 aromatic carbocycles. The molecule has 1 N–H and O–H groups in total. The Morgan fingerprint density at radius 3 is 2.78 bits per heavy atom. The summed E-state index contributed by atoms with van der Waals surface area (Å²) < 4.78 is 1.26. The van der Waals surface area contributed by atoms with Crippen LogP contribution in [0.5, 0.6) is 0 Å². The molecule has 3 unspecified atom stereocenters. The Balaban J connectivity index is 2.00. The van der Waals surface area contributed by atoms with E-state index in [0.29, 0.717) is 0 Å². The van der Waals surface area contributed by atoms with Crippen molar-refractivity contribution in [3.63, 3.8) is 0 Å². The van der Waals surface area contributed by atoms with Gasteiger partial charge in [0.1, 0.15) is 0 Å². The van der Waals surface area contributed by atoms with Crippen LogP contribution in [0.25, 0.3) is 0 Å². The van der Waals surface area contributed by atoms with Crippen molar-refractivity contribution in [1.82, 2.24) is 5.32 Å². The molecule has 0 bridgehead atoms. The summed E-state index contributed by atoms with van der Waals surface area (Å²) in [7, 11) is 0. The monoisotopic (exact) mass is 329 g/mol. The molecule has 1 aliphatic rings. The Kier molecular flexibility index (Phi) is 5.71. The summed E-state index contributed by atoms with van der Waals surface area (Å²) in [6, 6.07) is 5.20. The number of hydrogen-bond donors (Lipinski definition) is 1. The van der Waals surface area contributed by atoms with Gasteiger partial charge in [0.15, 0.2) is 0 Å². The maximum Gasteiger partial charge on any atom is 0.0701 e. The first-order valence-corrected chi connectivity index (χ1v) is 8.81. The molecule has 1 aromatic rings. The van der Waals surface area contributed by atoms with E-state index in [1.807, 2.05) is 11.3 Å². The molecule has 1 aliphatic carbocycles. The molecular weight excluding hydrogens is 306 g/mol. The maximum atomic E-state index is 3.70. The van der Waals surface area contributed by atoms with Crippen molar-refractivity contribution in [2.75, 3.05) is 6.54 Å². The van der Waals surface area contributed by atoms with Crippen LogP contribution in [-0.4, -0.2) is 12.6 Å². The van der Waals surface area contributed by atoms with Gasteiger partial charge in [0, 0.05) is 10.9 Å². The molecule has 0 spiro atoms. The highest BCUT2D eigenvalue weighted by molar-refractivity contribution is 9.11. The smallest absolute Gasteiger partial charge is 0.0701 e. The van der Waals surface area contributed by atoms with Crippen molar-refractivity contribution in [3.05, 3.63) is 20.8 Å². The second kappa shape index (κ2) is 7.06. The number of thiophene rings is 1. The molecule has 1 saturated carbocycles. The minimum Gasteiger partial charge on any atom is -0.314 e. The van der Waals surface area contributed by atoms with Gasteiger partial charge in [-0.05, 0) is 72.1 Å². The van der Waals surface area contributed by atoms with Crippen LogP contribution < -0.4 is 5.32 Å². The van der Waals surface area contributed by atoms with Gasteiger partial charge in [0.25, 0.3) is 0 Å². The zero-order valence-corrected chi connectivity index (χ0v) is 13.8. The third kappa shape index (κ3) is 3.82. The fraction of sp³-hybridized carbons (Fsp3) is 0.733. The van der Waals surface area contributed by atoms with Gasteiger partial charge in [-0.15, -0.1) is 11.3 Å². The number of rotatable bonds is 5. The highest BCUT2D eigenvalue weighted by atomic mass is 79.9. The number of halogens is 1. The van der Waals surface area contributed by atoms with Crippen LogP contribution in [0.1, 0.15) is 44.4 Å². The summed E-state index contributed by atoms with van der Waals surface area (Å²) in [6.45, 7) is 5.67. The molecule has 18 heavy (non-hydrogen) atoms. The molecule has 0 aliphatic heterocycles. The van der Waals surface area contributed by atoms with Gasteiger partial charge < -0.3 is 5.32 Å². The third-order valence-corrected chi connectivity index (χ3v) is 5.87. The predicted molar refractivity (Wildman–Crippen MR) is 84.3 cm³/mol. The fourth-order valence-corrected chi connectivity index (χ4v) is 4.78. The van der Waals surface area contributed by atoms with E-state index in [4.69, 9.17) is 0 Å². The molecule has 0 amide bonds. The van der Waals surface area contributed by atoms with Crippen molar-refractivity contribution in [2.45, 2.75) is 52.0 Å². The molecule has 1 aromatic heterocycles. The molecule has 1 heterocycles. The second-order valence-corrected chi connectivity index (χ2v) is 7.97. The Morgan fingerprint density at radius 2 is 2.17 bits per heavy atom. The molecule has 1 fully saturated rings. The van der Waals surface area contributed by atoms with E-state index in [-0.39, 0.29) is 0 Å². The van der Waals surface area contributed by atoms with E-state index >= 15 is 0 Å². The molecule has 3 atom stereocenters. The first-order chi connectivity index (χ1) is 8.72. The highest BCUT2D eigenvalue weighted by Crippen LogP contribution is 2.35. The quantitative estimate of drug-likeness (QED) is 0.813. The van der Waals surface area contributed by atoms with Crippen LogP contribution in [0.4, 0.5) is 0 Å². The minimum absolute atomic E-state index is 0.735. The zero-order valence-electron chi connectivity index (χ0n) is 11.4. The number of nitrogens with one attached hydrogen (secondary N) is 1. The van der Waals surface area contributed by atoms with Gasteiger partial charge in [-0.3, -0.25) is 0 Å². The Bertz CT molecular complexity index is 363. The van der Waals surface area contributed by atoms with E-state index in [0.717, 1.165) is 24.4 Å². The molecule has 1 nitrogen and oxygen atoms in total. The summed E-state index contributed by atoms with van der Waals surface area (Å²) in [5, 5.41) is 3.70. The fourth-order valence-electron chi connectivity index (χ4n) is 3.21. The van der Waals surface area contributed by atoms with Crippen molar-refractivity contribution in [3.8, 4) is 0 Å². The van der Waals surface area contributed by atoms with Gasteiger partial charge in [-0.2, -0.15) is 0 Å². The first kappa shape index (κ1) is 14.5. The molecule has 102 valence electrons. The maximum absolute atomic E-state index is 3.70. The topological polar surface area (TPSA) is 12.0 Å². The van der Waals surface area contributed by atoms with E-state index in [2.05, 4.69) is 47.2 Å². The van der Waals surface area contributed by atoms with Crippen LogP contribution in [-0.2, 0) is 6.42 Å². The molecule has 3 heteroatoms. The molecule has 0 saturated heterocycles. The lowest BCUT2D eigenvalue weighted by atomic mass is 9.75. The SMILES string of the molecule is CCNC1CCC(CC)CC1Cc1ccc(Br)s1. The average molecular weight is 330 g/mol. The van der Waals surface area contributed by atoms with Gasteiger partial charge in [-0.25, -0.2) is 0 Å². The predicted octanol–water partition coefficient (Wildman–Crippen LogP) is 4.86. The van der Waals surface area contributed by atoms with Crippen LogP contribution >= 0.6 is 27.3 Å². The van der Waals surface area contributed by atoms with Crippen molar-refractivity contribution in [2.24, 2.45) is 11.8 Å². The van der Waals surface area contributed by atoms with Crippen molar-refractivity contribution >= 4 is 27.3 Å². The van der Waals surface area contributed by atoms with Crippen molar-refractivity contribution < 1.29 is 0 Å². The van der Waals surface area contributed by atoms with Gasteiger partial charge in [0.05, 0.1) is 3.79 Å².